The normalized spacial score (nSPS) is 17.5. The molecular formula is C26H49N3O4. The Kier molecular flexibility index (Phi) is 13.0. The van der Waals surface area contributed by atoms with Crippen molar-refractivity contribution in [3.63, 3.8) is 0 Å². The molecule has 0 aromatic rings. The summed E-state index contributed by atoms with van der Waals surface area (Å²) in [6.07, 6.45) is 6.73. The fourth-order valence-corrected chi connectivity index (χ4v) is 4.00. The molecule has 0 aromatic heterocycles. The average molecular weight is 468 g/mol. The largest absolute Gasteiger partial charge is 0.391 e. The predicted octanol–water partition coefficient (Wildman–Crippen LogP) is 3.54. The van der Waals surface area contributed by atoms with E-state index in [-0.39, 0.29) is 41.5 Å². The first-order chi connectivity index (χ1) is 15.5. The van der Waals surface area contributed by atoms with E-state index in [2.05, 4.69) is 36.7 Å². The lowest BCUT2D eigenvalue weighted by molar-refractivity contribution is -0.134. The highest BCUT2D eigenvalue weighted by Gasteiger charge is 2.36. The SMILES string of the molecule is CCCCCCC(O)C(CC(C)C)NC(=O)[C@@H](NC(=O)[C@@H](NC(=O)C1CC1)C(C)C)C(C)C. The molecule has 3 amide bonds. The molecule has 1 rings (SSSR count). The molecule has 0 bridgehead atoms. The molecule has 0 radical (unpaired) electrons. The van der Waals surface area contributed by atoms with Crippen LogP contribution in [0.1, 0.15) is 99.8 Å². The summed E-state index contributed by atoms with van der Waals surface area (Å²) in [5, 5.41) is 19.5. The van der Waals surface area contributed by atoms with Crippen LogP contribution in [0.4, 0.5) is 0 Å². The fraction of sp³-hybridized carbons (Fsp3) is 0.885. The van der Waals surface area contributed by atoms with E-state index in [9.17, 15) is 19.5 Å². The number of aliphatic hydroxyl groups excluding tert-OH is 1. The van der Waals surface area contributed by atoms with E-state index in [0.29, 0.717) is 18.8 Å². The Morgan fingerprint density at radius 1 is 0.818 bits per heavy atom. The van der Waals surface area contributed by atoms with E-state index in [1.165, 1.54) is 0 Å². The van der Waals surface area contributed by atoms with Crippen molar-refractivity contribution in [1.29, 1.82) is 0 Å². The van der Waals surface area contributed by atoms with E-state index in [4.69, 9.17) is 0 Å². The third-order valence-corrected chi connectivity index (χ3v) is 6.31. The van der Waals surface area contributed by atoms with Crippen LogP contribution in [0.15, 0.2) is 0 Å². The molecule has 1 aliphatic rings. The molecule has 4 atom stereocenters. The Labute approximate surface area is 201 Å². The van der Waals surface area contributed by atoms with Gasteiger partial charge in [0.15, 0.2) is 0 Å². The third-order valence-electron chi connectivity index (χ3n) is 6.31. The lowest BCUT2D eigenvalue weighted by Gasteiger charge is -2.31. The van der Waals surface area contributed by atoms with Crippen LogP contribution >= 0.6 is 0 Å². The van der Waals surface area contributed by atoms with Crippen molar-refractivity contribution in [3.05, 3.63) is 0 Å². The Balaban J connectivity index is 2.81. The number of amides is 3. The number of carbonyl (C=O) groups is 3. The first-order valence-corrected chi connectivity index (χ1v) is 13.1. The van der Waals surface area contributed by atoms with Gasteiger partial charge in [-0.25, -0.2) is 0 Å². The first-order valence-electron chi connectivity index (χ1n) is 13.1. The summed E-state index contributed by atoms with van der Waals surface area (Å²) in [6, 6.07) is -1.77. The highest BCUT2D eigenvalue weighted by Crippen LogP contribution is 2.29. The number of aliphatic hydroxyl groups is 1. The molecule has 7 nitrogen and oxygen atoms in total. The minimum Gasteiger partial charge on any atom is -0.391 e. The summed E-state index contributed by atoms with van der Waals surface area (Å²) in [6.45, 7) is 13.8. The second-order valence-electron chi connectivity index (χ2n) is 10.9. The van der Waals surface area contributed by atoms with Gasteiger partial charge in [-0.1, -0.05) is 74.1 Å². The van der Waals surface area contributed by atoms with Gasteiger partial charge in [0.2, 0.25) is 17.7 Å². The zero-order chi connectivity index (χ0) is 25.1. The summed E-state index contributed by atoms with van der Waals surface area (Å²) < 4.78 is 0. The van der Waals surface area contributed by atoms with Crippen molar-refractivity contribution in [2.45, 2.75) is 124 Å². The molecular weight excluding hydrogens is 418 g/mol. The Hall–Kier alpha value is -1.63. The highest BCUT2D eigenvalue weighted by atomic mass is 16.3. The van der Waals surface area contributed by atoms with Crippen LogP contribution in [0.2, 0.25) is 0 Å². The van der Waals surface area contributed by atoms with Gasteiger partial charge in [0.05, 0.1) is 12.1 Å². The third kappa shape index (κ3) is 10.9. The number of unbranched alkanes of at least 4 members (excludes halogenated alkanes) is 3. The van der Waals surface area contributed by atoms with Crippen LogP contribution in [-0.4, -0.2) is 47.1 Å². The van der Waals surface area contributed by atoms with Crippen molar-refractivity contribution >= 4 is 17.7 Å². The number of hydrogen-bond acceptors (Lipinski definition) is 4. The van der Waals surface area contributed by atoms with E-state index in [1.54, 1.807) is 0 Å². The van der Waals surface area contributed by atoms with Crippen molar-refractivity contribution in [2.75, 3.05) is 0 Å². The lowest BCUT2D eigenvalue weighted by atomic mass is 9.94. The molecule has 1 aliphatic carbocycles. The number of hydrogen-bond donors (Lipinski definition) is 4. The maximum absolute atomic E-state index is 13.2. The van der Waals surface area contributed by atoms with Gasteiger partial charge in [-0.3, -0.25) is 14.4 Å². The quantitative estimate of drug-likeness (QED) is 0.260. The zero-order valence-corrected chi connectivity index (χ0v) is 21.9. The minimum atomic E-state index is -0.737. The van der Waals surface area contributed by atoms with Crippen LogP contribution in [0, 0.1) is 23.7 Å². The first kappa shape index (κ1) is 29.4. The Bertz CT molecular complexity index is 617. The summed E-state index contributed by atoms with van der Waals surface area (Å²) >= 11 is 0. The number of carbonyl (C=O) groups excluding carboxylic acids is 3. The Morgan fingerprint density at radius 3 is 1.85 bits per heavy atom. The highest BCUT2D eigenvalue weighted by molar-refractivity contribution is 5.93. The average Bonchev–Trinajstić information content (AvgIpc) is 3.56. The smallest absolute Gasteiger partial charge is 0.243 e. The van der Waals surface area contributed by atoms with Gasteiger partial charge in [-0.05, 0) is 43.4 Å². The van der Waals surface area contributed by atoms with Crippen molar-refractivity contribution < 1.29 is 19.5 Å². The number of rotatable bonds is 16. The number of nitrogens with one attached hydrogen (secondary N) is 3. The van der Waals surface area contributed by atoms with Crippen LogP contribution in [0.3, 0.4) is 0 Å². The van der Waals surface area contributed by atoms with Crippen LogP contribution in [-0.2, 0) is 14.4 Å². The molecule has 7 heteroatoms. The second-order valence-corrected chi connectivity index (χ2v) is 10.9. The second kappa shape index (κ2) is 14.6. The molecule has 1 saturated carbocycles. The molecule has 0 saturated heterocycles. The maximum Gasteiger partial charge on any atom is 0.243 e. The topological polar surface area (TPSA) is 108 Å². The van der Waals surface area contributed by atoms with E-state index in [1.807, 2.05) is 27.7 Å². The van der Waals surface area contributed by atoms with Crippen molar-refractivity contribution in [3.8, 4) is 0 Å². The van der Waals surface area contributed by atoms with E-state index in [0.717, 1.165) is 38.5 Å². The predicted molar refractivity (Wildman–Crippen MR) is 132 cm³/mol. The van der Waals surface area contributed by atoms with E-state index < -0.39 is 18.2 Å². The van der Waals surface area contributed by atoms with Gasteiger partial charge in [0.25, 0.3) is 0 Å². The van der Waals surface area contributed by atoms with Gasteiger partial charge >= 0.3 is 0 Å². The van der Waals surface area contributed by atoms with E-state index >= 15 is 0 Å². The minimum absolute atomic E-state index is 0.0128. The summed E-state index contributed by atoms with van der Waals surface area (Å²) in [5.41, 5.74) is 0. The lowest BCUT2D eigenvalue weighted by Crippen LogP contribution is -2.59. The van der Waals surface area contributed by atoms with Crippen molar-refractivity contribution in [1.82, 2.24) is 16.0 Å². The van der Waals surface area contributed by atoms with Gasteiger partial charge < -0.3 is 21.1 Å². The molecule has 33 heavy (non-hydrogen) atoms. The molecule has 0 aromatic carbocycles. The summed E-state index contributed by atoms with van der Waals surface area (Å²) in [4.78, 5) is 38.5. The van der Waals surface area contributed by atoms with Gasteiger partial charge in [-0.15, -0.1) is 0 Å². The molecule has 2 unspecified atom stereocenters. The molecule has 0 aliphatic heterocycles. The van der Waals surface area contributed by atoms with Gasteiger partial charge in [0, 0.05) is 5.92 Å². The van der Waals surface area contributed by atoms with Gasteiger partial charge in [-0.2, -0.15) is 0 Å². The summed E-state index contributed by atoms with van der Waals surface area (Å²) in [5.74, 6) is -0.613. The van der Waals surface area contributed by atoms with Crippen LogP contribution < -0.4 is 16.0 Å². The standard InChI is InChI=1S/C26H49N3O4/c1-8-9-10-11-12-21(30)20(15-16(2)3)27-25(32)22(17(4)5)29-26(33)23(18(6)7)28-24(31)19-13-14-19/h16-23,30H,8-15H2,1-7H3,(H,27,32)(H,28,31)(H,29,33)/t20?,21?,22-,23-/m0/s1. The van der Waals surface area contributed by atoms with Gasteiger partial charge in [0.1, 0.15) is 12.1 Å². The van der Waals surface area contributed by atoms with Crippen LogP contribution in [0.5, 0.6) is 0 Å². The maximum atomic E-state index is 13.2. The fourth-order valence-electron chi connectivity index (χ4n) is 4.00. The van der Waals surface area contributed by atoms with Crippen LogP contribution in [0.25, 0.3) is 0 Å². The monoisotopic (exact) mass is 467 g/mol. The molecule has 1 fully saturated rings. The summed E-state index contributed by atoms with van der Waals surface area (Å²) in [7, 11) is 0. The zero-order valence-electron chi connectivity index (χ0n) is 21.9. The Morgan fingerprint density at radius 2 is 1.36 bits per heavy atom. The van der Waals surface area contributed by atoms with Crippen molar-refractivity contribution in [2.24, 2.45) is 23.7 Å². The molecule has 4 N–H and O–H groups in total. The molecule has 0 spiro atoms. The molecule has 192 valence electrons. The molecule has 0 heterocycles.